The lowest BCUT2D eigenvalue weighted by Crippen LogP contribution is -2.27. The number of halogens is 1. The first kappa shape index (κ1) is 11.7. The summed E-state index contributed by atoms with van der Waals surface area (Å²) in [5, 5.41) is 0. The molecule has 78 valence electrons. The van der Waals surface area contributed by atoms with Crippen LogP contribution in [-0.4, -0.2) is 19.0 Å². The van der Waals surface area contributed by atoms with E-state index in [2.05, 4.69) is 0 Å². The van der Waals surface area contributed by atoms with Crippen molar-refractivity contribution >= 4 is 28.7 Å². The van der Waals surface area contributed by atoms with Crippen LogP contribution in [0.2, 0.25) is 4.34 Å². The number of hydrogen-bond acceptors (Lipinski definition) is 3. The summed E-state index contributed by atoms with van der Waals surface area (Å²) in [5.41, 5.74) is 0. The number of rotatable bonds is 4. The van der Waals surface area contributed by atoms with Crippen molar-refractivity contribution in [2.24, 2.45) is 5.92 Å². The van der Waals surface area contributed by atoms with Gasteiger partial charge in [0.2, 0.25) is 5.78 Å². The van der Waals surface area contributed by atoms with Gasteiger partial charge in [-0.1, -0.05) is 25.4 Å². The first-order valence-electron chi connectivity index (χ1n) is 4.38. The van der Waals surface area contributed by atoms with Crippen LogP contribution in [0.5, 0.6) is 0 Å². The monoisotopic (exact) mass is 232 g/mol. The predicted molar refractivity (Wildman–Crippen MR) is 59.3 cm³/mol. The zero-order chi connectivity index (χ0) is 10.7. The normalized spacial score (nSPS) is 13.2. The number of carbonyl (C=O) groups excluding carboxylic acids is 1. The molecule has 0 N–H and O–H groups in total. The smallest absolute Gasteiger partial charge is 0.201 e. The largest absolute Gasteiger partial charge is 0.373 e. The summed E-state index contributed by atoms with van der Waals surface area (Å²) in [4.78, 5) is 12.5. The van der Waals surface area contributed by atoms with Crippen LogP contribution in [0.15, 0.2) is 12.1 Å². The lowest BCUT2D eigenvalue weighted by molar-refractivity contribution is 0.0463. The summed E-state index contributed by atoms with van der Waals surface area (Å²) < 4.78 is 5.78. The highest BCUT2D eigenvalue weighted by Gasteiger charge is 2.23. The highest BCUT2D eigenvalue weighted by molar-refractivity contribution is 7.18. The Labute approximate surface area is 92.8 Å². The number of ether oxygens (including phenoxy) is 1. The van der Waals surface area contributed by atoms with Gasteiger partial charge in [0, 0.05) is 7.11 Å². The minimum absolute atomic E-state index is 0.0133. The highest BCUT2D eigenvalue weighted by atomic mass is 35.5. The maximum atomic E-state index is 11.9. The summed E-state index contributed by atoms with van der Waals surface area (Å²) in [5.74, 6) is 0.188. The zero-order valence-corrected chi connectivity index (χ0v) is 9.98. The Morgan fingerprint density at radius 1 is 1.50 bits per heavy atom. The van der Waals surface area contributed by atoms with Crippen molar-refractivity contribution in [3.63, 3.8) is 0 Å². The van der Waals surface area contributed by atoms with Crippen LogP contribution in [0, 0.1) is 5.92 Å². The number of methoxy groups -OCH3 is 1. The van der Waals surface area contributed by atoms with E-state index in [0.29, 0.717) is 9.21 Å². The van der Waals surface area contributed by atoms with E-state index >= 15 is 0 Å². The van der Waals surface area contributed by atoms with Crippen LogP contribution < -0.4 is 0 Å². The van der Waals surface area contributed by atoms with E-state index in [1.54, 1.807) is 19.2 Å². The summed E-state index contributed by atoms with van der Waals surface area (Å²) >= 11 is 7.05. The Morgan fingerprint density at radius 3 is 2.50 bits per heavy atom. The molecule has 0 aliphatic heterocycles. The van der Waals surface area contributed by atoms with Crippen molar-refractivity contribution in [3.05, 3.63) is 21.3 Å². The van der Waals surface area contributed by atoms with Crippen molar-refractivity contribution in [1.29, 1.82) is 0 Å². The molecule has 1 rings (SSSR count). The average Bonchev–Trinajstić information content (AvgIpc) is 2.52. The molecule has 0 spiro atoms. The van der Waals surface area contributed by atoms with Crippen LogP contribution in [0.4, 0.5) is 0 Å². The van der Waals surface area contributed by atoms with Crippen LogP contribution in [0.1, 0.15) is 23.5 Å². The molecule has 0 fully saturated rings. The quantitative estimate of drug-likeness (QED) is 0.745. The Morgan fingerprint density at radius 2 is 2.14 bits per heavy atom. The summed E-state index contributed by atoms with van der Waals surface area (Å²) in [7, 11) is 1.55. The summed E-state index contributed by atoms with van der Waals surface area (Å²) in [6.45, 7) is 3.92. The molecule has 1 aromatic rings. The van der Waals surface area contributed by atoms with Crippen LogP contribution in [0.25, 0.3) is 0 Å². The molecular formula is C10H13ClO2S. The number of carbonyl (C=O) groups is 1. The molecule has 0 bridgehead atoms. The van der Waals surface area contributed by atoms with Crippen LogP contribution in [0.3, 0.4) is 0 Å². The molecule has 0 saturated heterocycles. The maximum Gasteiger partial charge on any atom is 0.201 e. The molecular weight excluding hydrogens is 220 g/mol. The molecule has 0 aliphatic carbocycles. The highest BCUT2D eigenvalue weighted by Crippen LogP contribution is 2.24. The molecule has 14 heavy (non-hydrogen) atoms. The predicted octanol–water partition coefficient (Wildman–Crippen LogP) is 3.26. The minimum Gasteiger partial charge on any atom is -0.373 e. The third kappa shape index (κ3) is 2.56. The first-order chi connectivity index (χ1) is 6.56. The van der Waals surface area contributed by atoms with Crippen molar-refractivity contribution in [3.8, 4) is 0 Å². The van der Waals surface area contributed by atoms with E-state index in [1.165, 1.54) is 11.3 Å². The second-order valence-corrected chi connectivity index (χ2v) is 5.08. The van der Waals surface area contributed by atoms with Gasteiger partial charge in [-0.25, -0.2) is 0 Å². The van der Waals surface area contributed by atoms with Gasteiger partial charge < -0.3 is 4.74 Å². The van der Waals surface area contributed by atoms with Gasteiger partial charge in [-0.05, 0) is 18.1 Å². The first-order valence-corrected chi connectivity index (χ1v) is 5.58. The molecule has 0 saturated carbocycles. The zero-order valence-electron chi connectivity index (χ0n) is 8.41. The van der Waals surface area contributed by atoms with E-state index < -0.39 is 0 Å². The van der Waals surface area contributed by atoms with Gasteiger partial charge in [-0.15, -0.1) is 11.3 Å². The fraction of sp³-hybridized carbons (Fsp3) is 0.500. The third-order valence-corrected chi connectivity index (χ3v) is 3.18. The van der Waals surface area contributed by atoms with Gasteiger partial charge in [0.15, 0.2) is 0 Å². The number of hydrogen-bond donors (Lipinski definition) is 0. The molecule has 0 radical (unpaired) electrons. The number of thiophene rings is 1. The standard InChI is InChI=1S/C10H13ClO2S/c1-6(2)10(13-3)9(12)7-4-5-8(11)14-7/h4-6,10H,1-3H3. The van der Waals surface area contributed by atoms with E-state index in [9.17, 15) is 4.79 Å². The van der Waals surface area contributed by atoms with Crippen LogP contribution in [-0.2, 0) is 4.74 Å². The van der Waals surface area contributed by atoms with Crippen molar-refractivity contribution < 1.29 is 9.53 Å². The number of ketones is 1. The molecule has 0 aliphatic rings. The van der Waals surface area contributed by atoms with Gasteiger partial charge in [0.1, 0.15) is 6.10 Å². The fourth-order valence-corrected chi connectivity index (χ4v) is 2.28. The summed E-state index contributed by atoms with van der Waals surface area (Å²) in [6.07, 6.45) is -0.371. The lowest BCUT2D eigenvalue weighted by Gasteiger charge is -2.16. The van der Waals surface area contributed by atoms with E-state index in [0.717, 1.165) is 0 Å². The van der Waals surface area contributed by atoms with Crippen molar-refractivity contribution in [1.82, 2.24) is 0 Å². The van der Waals surface area contributed by atoms with Gasteiger partial charge in [-0.3, -0.25) is 4.79 Å². The second kappa shape index (κ2) is 4.91. The lowest BCUT2D eigenvalue weighted by atomic mass is 10.0. The Hall–Kier alpha value is -0.380. The van der Waals surface area contributed by atoms with E-state index in [-0.39, 0.29) is 17.8 Å². The second-order valence-electron chi connectivity index (χ2n) is 3.37. The van der Waals surface area contributed by atoms with Crippen molar-refractivity contribution in [2.45, 2.75) is 20.0 Å². The van der Waals surface area contributed by atoms with Crippen molar-refractivity contribution in [2.75, 3.05) is 7.11 Å². The Balaban J connectivity index is 2.83. The molecule has 1 unspecified atom stereocenters. The molecule has 1 heterocycles. The molecule has 0 amide bonds. The van der Waals surface area contributed by atoms with E-state index in [1.807, 2.05) is 13.8 Å². The van der Waals surface area contributed by atoms with Gasteiger partial charge in [0.05, 0.1) is 9.21 Å². The minimum atomic E-state index is -0.371. The Bertz CT molecular complexity index is 320. The SMILES string of the molecule is COC(C(=O)c1ccc(Cl)s1)C(C)C. The topological polar surface area (TPSA) is 26.3 Å². The van der Waals surface area contributed by atoms with Gasteiger partial charge in [0.25, 0.3) is 0 Å². The van der Waals surface area contributed by atoms with Gasteiger partial charge in [-0.2, -0.15) is 0 Å². The molecule has 1 atom stereocenters. The third-order valence-electron chi connectivity index (χ3n) is 1.93. The number of Topliss-reactive ketones (excluding diaryl/α,β-unsaturated/α-hetero) is 1. The molecule has 0 aromatic carbocycles. The molecule has 1 aromatic heterocycles. The molecule has 2 nitrogen and oxygen atoms in total. The fourth-order valence-electron chi connectivity index (χ4n) is 1.27. The van der Waals surface area contributed by atoms with Gasteiger partial charge >= 0.3 is 0 Å². The molecule has 4 heteroatoms. The van der Waals surface area contributed by atoms with E-state index in [4.69, 9.17) is 16.3 Å². The van der Waals surface area contributed by atoms with Crippen LogP contribution >= 0.6 is 22.9 Å². The Kier molecular flexibility index (Phi) is 4.11. The average molecular weight is 233 g/mol. The summed E-state index contributed by atoms with van der Waals surface area (Å²) in [6, 6.07) is 3.47. The maximum absolute atomic E-state index is 11.9.